The van der Waals surface area contributed by atoms with Gasteiger partial charge in [-0.05, 0) is 25.8 Å². The summed E-state index contributed by atoms with van der Waals surface area (Å²) < 4.78 is 0. The quantitative estimate of drug-likeness (QED) is 0.752. The summed E-state index contributed by atoms with van der Waals surface area (Å²) in [5.41, 5.74) is 0. The van der Waals surface area contributed by atoms with Crippen LogP contribution in [0.1, 0.15) is 31.5 Å². The molecule has 0 bridgehead atoms. The molecule has 1 heterocycles. The summed E-state index contributed by atoms with van der Waals surface area (Å²) in [5, 5.41) is 3.43. The second-order valence-corrected chi connectivity index (χ2v) is 3.61. The van der Waals surface area contributed by atoms with Gasteiger partial charge in [0.05, 0.1) is 0 Å². The lowest BCUT2D eigenvalue weighted by Gasteiger charge is -2.11. The molecule has 0 saturated heterocycles. The van der Waals surface area contributed by atoms with Crippen LogP contribution in [0.5, 0.6) is 0 Å². The molecule has 1 fully saturated rings. The molecule has 1 saturated carbocycles. The van der Waals surface area contributed by atoms with Crippen molar-refractivity contribution in [2.24, 2.45) is 0 Å². The summed E-state index contributed by atoms with van der Waals surface area (Å²) in [6.07, 6.45) is 7.06. The van der Waals surface area contributed by atoms with Gasteiger partial charge < -0.3 is 5.32 Å². The van der Waals surface area contributed by atoms with Crippen molar-refractivity contribution in [1.82, 2.24) is 9.97 Å². The summed E-state index contributed by atoms with van der Waals surface area (Å²) in [5.74, 6) is 1.81. The van der Waals surface area contributed by atoms with Crippen LogP contribution in [0.3, 0.4) is 0 Å². The Labute approximate surface area is 78.6 Å². The van der Waals surface area contributed by atoms with E-state index < -0.39 is 0 Å². The Balaban J connectivity index is 2.00. The van der Waals surface area contributed by atoms with Crippen LogP contribution in [-0.4, -0.2) is 16.0 Å². The second kappa shape index (κ2) is 3.73. The molecule has 1 N–H and O–H groups in total. The maximum absolute atomic E-state index is 4.31. The predicted octanol–water partition coefficient (Wildman–Crippen LogP) is 2.14. The van der Waals surface area contributed by atoms with Crippen molar-refractivity contribution in [2.75, 3.05) is 5.32 Å². The van der Waals surface area contributed by atoms with Gasteiger partial charge in [0, 0.05) is 12.2 Å². The maximum Gasteiger partial charge on any atom is 0.129 e. The van der Waals surface area contributed by atoms with Gasteiger partial charge >= 0.3 is 0 Å². The van der Waals surface area contributed by atoms with Crippen LogP contribution in [0.2, 0.25) is 0 Å². The van der Waals surface area contributed by atoms with E-state index in [1.165, 1.54) is 25.7 Å². The first kappa shape index (κ1) is 8.48. The molecule has 0 radical (unpaired) electrons. The lowest BCUT2D eigenvalue weighted by atomic mass is 10.2. The molecule has 0 spiro atoms. The van der Waals surface area contributed by atoms with E-state index in [0.29, 0.717) is 6.04 Å². The Hall–Kier alpha value is -1.12. The summed E-state index contributed by atoms with van der Waals surface area (Å²) >= 11 is 0. The third kappa shape index (κ3) is 2.17. The number of anilines is 1. The Morgan fingerprint density at radius 1 is 1.38 bits per heavy atom. The number of nitrogens with one attached hydrogen (secondary N) is 1. The fraction of sp³-hybridized carbons (Fsp3) is 0.600. The number of hydrogen-bond acceptors (Lipinski definition) is 3. The van der Waals surface area contributed by atoms with E-state index in [1.54, 1.807) is 6.20 Å². The molecule has 1 aliphatic rings. The van der Waals surface area contributed by atoms with Crippen molar-refractivity contribution < 1.29 is 0 Å². The van der Waals surface area contributed by atoms with Gasteiger partial charge in [0.25, 0.3) is 0 Å². The normalized spacial score (nSPS) is 17.6. The molecule has 0 aromatic carbocycles. The van der Waals surface area contributed by atoms with E-state index >= 15 is 0 Å². The molecular formula is C10H15N3. The average molecular weight is 177 g/mol. The van der Waals surface area contributed by atoms with Crippen LogP contribution in [0.4, 0.5) is 5.82 Å². The van der Waals surface area contributed by atoms with E-state index in [4.69, 9.17) is 0 Å². The van der Waals surface area contributed by atoms with Crippen molar-refractivity contribution in [3.8, 4) is 0 Å². The Kier molecular flexibility index (Phi) is 2.43. The number of nitrogens with zero attached hydrogens (tertiary/aromatic N) is 2. The third-order valence-electron chi connectivity index (χ3n) is 2.48. The number of hydrogen-bond donors (Lipinski definition) is 1. The van der Waals surface area contributed by atoms with Crippen LogP contribution >= 0.6 is 0 Å². The summed E-state index contributed by atoms with van der Waals surface area (Å²) in [6, 6.07) is 2.57. The van der Waals surface area contributed by atoms with Crippen molar-refractivity contribution in [3.63, 3.8) is 0 Å². The zero-order valence-electron chi connectivity index (χ0n) is 7.95. The van der Waals surface area contributed by atoms with Crippen molar-refractivity contribution in [1.29, 1.82) is 0 Å². The van der Waals surface area contributed by atoms with Gasteiger partial charge in [0.15, 0.2) is 0 Å². The molecule has 3 nitrogen and oxygen atoms in total. The molecule has 70 valence electrons. The molecule has 0 atom stereocenters. The smallest absolute Gasteiger partial charge is 0.129 e. The fourth-order valence-electron chi connectivity index (χ4n) is 1.82. The van der Waals surface area contributed by atoms with Gasteiger partial charge in [-0.3, -0.25) is 0 Å². The monoisotopic (exact) mass is 177 g/mol. The molecule has 1 aliphatic carbocycles. The average Bonchev–Trinajstić information content (AvgIpc) is 2.57. The molecule has 3 heteroatoms. The molecule has 0 aliphatic heterocycles. The van der Waals surface area contributed by atoms with Crippen LogP contribution in [-0.2, 0) is 0 Å². The van der Waals surface area contributed by atoms with Crippen molar-refractivity contribution in [3.05, 3.63) is 18.1 Å². The number of aryl methyl sites for hydroxylation is 1. The molecular weight excluding hydrogens is 162 g/mol. The molecule has 13 heavy (non-hydrogen) atoms. The third-order valence-corrected chi connectivity index (χ3v) is 2.48. The highest BCUT2D eigenvalue weighted by molar-refractivity contribution is 5.34. The summed E-state index contributed by atoms with van der Waals surface area (Å²) in [6.45, 7) is 1.92. The number of aromatic nitrogens is 2. The van der Waals surface area contributed by atoms with Gasteiger partial charge in [0.2, 0.25) is 0 Å². The first-order chi connectivity index (χ1) is 6.34. The van der Waals surface area contributed by atoms with Crippen molar-refractivity contribution in [2.45, 2.75) is 38.6 Å². The van der Waals surface area contributed by atoms with Gasteiger partial charge in [-0.25, -0.2) is 9.97 Å². The van der Waals surface area contributed by atoms with Gasteiger partial charge in [0.1, 0.15) is 11.6 Å². The SMILES string of the molecule is Cc1nccc(NC2CCCC2)n1. The van der Waals surface area contributed by atoms with E-state index in [-0.39, 0.29) is 0 Å². The molecule has 1 aromatic rings. The highest BCUT2D eigenvalue weighted by Gasteiger charge is 2.14. The Bertz CT molecular complexity index is 279. The summed E-state index contributed by atoms with van der Waals surface area (Å²) in [4.78, 5) is 8.38. The fourth-order valence-corrected chi connectivity index (χ4v) is 1.82. The zero-order valence-corrected chi connectivity index (χ0v) is 7.95. The van der Waals surface area contributed by atoms with Gasteiger partial charge in [-0.15, -0.1) is 0 Å². The zero-order chi connectivity index (χ0) is 9.10. The highest BCUT2D eigenvalue weighted by Crippen LogP contribution is 2.20. The van der Waals surface area contributed by atoms with Crippen LogP contribution in [0.25, 0.3) is 0 Å². The largest absolute Gasteiger partial charge is 0.367 e. The van der Waals surface area contributed by atoms with Crippen LogP contribution in [0, 0.1) is 6.92 Å². The molecule has 0 amide bonds. The maximum atomic E-state index is 4.31. The van der Waals surface area contributed by atoms with E-state index in [2.05, 4.69) is 15.3 Å². The van der Waals surface area contributed by atoms with Crippen LogP contribution < -0.4 is 5.32 Å². The molecule has 0 unspecified atom stereocenters. The minimum Gasteiger partial charge on any atom is -0.367 e. The van der Waals surface area contributed by atoms with E-state index in [9.17, 15) is 0 Å². The highest BCUT2D eigenvalue weighted by atomic mass is 15.0. The minimum atomic E-state index is 0.634. The predicted molar refractivity (Wildman–Crippen MR) is 52.6 cm³/mol. The summed E-state index contributed by atoms with van der Waals surface area (Å²) in [7, 11) is 0. The van der Waals surface area contributed by atoms with E-state index in [1.807, 2.05) is 13.0 Å². The van der Waals surface area contributed by atoms with E-state index in [0.717, 1.165) is 11.6 Å². The number of rotatable bonds is 2. The lowest BCUT2D eigenvalue weighted by Crippen LogP contribution is -2.15. The first-order valence-electron chi connectivity index (χ1n) is 4.91. The Morgan fingerprint density at radius 3 is 2.85 bits per heavy atom. The standard InChI is InChI=1S/C10H15N3/c1-8-11-7-6-10(12-8)13-9-4-2-3-5-9/h6-7,9H,2-5H2,1H3,(H,11,12,13). The lowest BCUT2D eigenvalue weighted by molar-refractivity contribution is 0.748. The van der Waals surface area contributed by atoms with Gasteiger partial charge in [-0.1, -0.05) is 12.8 Å². The molecule has 1 aromatic heterocycles. The Morgan fingerprint density at radius 2 is 2.15 bits per heavy atom. The van der Waals surface area contributed by atoms with Crippen molar-refractivity contribution >= 4 is 5.82 Å². The first-order valence-corrected chi connectivity index (χ1v) is 4.91. The minimum absolute atomic E-state index is 0.634. The van der Waals surface area contributed by atoms with Crippen LogP contribution in [0.15, 0.2) is 12.3 Å². The topological polar surface area (TPSA) is 37.8 Å². The van der Waals surface area contributed by atoms with Gasteiger partial charge in [-0.2, -0.15) is 0 Å². The second-order valence-electron chi connectivity index (χ2n) is 3.61. The molecule has 2 rings (SSSR count).